The number of hydrogen-bond donors (Lipinski definition) is 0. The lowest BCUT2D eigenvalue weighted by Gasteiger charge is -2.26. The molecule has 0 unspecified atom stereocenters. The number of hydrogen-bond acceptors (Lipinski definition) is 3. The molecule has 0 aliphatic carbocycles. The van der Waals surface area contributed by atoms with Gasteiger partial charge in [-0.25, -0.2) is 0 Å². The quantitative estimate of drug-likeness (QED) is 0.547. The molecule has 0 aromatic heterocycles. The number of nitrogens with zero attached hydrogens (tertiary/aromatic N) is 1. The highest BCUT2D eigenvalue weighted by molar-refractivity contribution is 5.84. The van der Waals surface area contributed by atoms with Gasteiger partial charge in [0.25, 0.3) is 0 Å². The molecule has 1 heterocycles. The smallest absolute Gasteiger partial charge is 0.169 e. The van der Waals surface area contributed by atoms with Crippen LogP contribution in [0, 0.1) is 0 Å². The average molecular weight is 366 g/mol. The zero-order valence-electron chi connectivity index (χ0n) is 16.6. The molecule has 2 aromatic carbocycles. The van der Waals surface area contributed by atoms with Crippen molar-refractivity contribution in [1.82, 2.24) is 0 Å². The van der Waals surface area contributed by atoms with E-state index in [-0.39, 0.29) is 0 Å². The van der Waals surface area contributed by atoms with E-state index in [0.29, 0.717) is 13.2 Å². The van der Waals surface area contributed by atoms with Gasteiger partial charge >= 0.3 is 0 Å². The van der Waals surface area contributed by atoms with E-state index in [1.54, 1.807) is 0 Å². The maximum absolute atomic E-state index is 6.00. The minimum atomic E-state index is 0.590. The summed E-state index contributed by atoms with van der Waals surface area (Å²) in [5.41, 5.74) is 3.42. The molecule has 0 saturated heterocycles. The molecule has 3 nitrogen and oxygen atoms in total. The Morgan fingerprint density at radius 2 is 1.22 bits per heavy atom. The summed E-state index contributed by atoms with van der Waals surface area (Å²) in [5.74, 6) is 1.68. The third-order valence-electron chi connectivity index (χ3n) is 4.88. The molecule has 0 amide bonds. The fourth-order valence-corrected chi connectivity index (χ4v) is 3.33. The number of ether oxygens (including phenoxy) is 2. The predicted octanol–water partition coefficient (Wildman–Crippen LogP) is 5.97. The molecule has 1 aliphatic rings. The molecule has 0 bridgehead atoms. The van der Waals surface area contributed by atoms with Gasteiger partial charge in [0.2, 0.25) is 0 Å². The van der Waals surface area contributed by atoms with Crippen LogP contribution in [0.4, 0.5) is 5.69 Å². The highest BCUT2D eigenvalue weighted by atomic mass is 16.6. The van der Waals surface area contributed by atoms with Crippen molar-refractivity contribution in [1.29, 1.82) is 0 Å². The number of benzene rings is 2. The molecule has 1 aliphatic heterocycles. The number of unbranched alkanes of at least 4 members (excludes halogenated alkanes) is 2. The van der Waals surface area contributed by atoms with Gasteiger partial charge in [0.05, 0.1) is 0 Å². The van der Waals surface area contributed by atoms with Crippen LogP contribution in [0.2, 0.25) is 0 Å². The Hall–Kier alpha value is -2.42. The fourth-order valence-electron chi connectivity index (χ4n) is 3.33. The number of anilines is 1. The topological polar surface area (TPSA) is 21.7 Å². The molecule has 0 spiro atoms. The lowest BCUT2D eigenvalue weighted by Crippen LogP contribution is -2.25. The molecule has 2 aromatic rings. The van der Waals surface area contributed by atoms with Crippen LogP contribution < -0.4 is 4.90 Å². The Balaban J connectivity index is 1.85. The molecular formula is C24H31NO2. The summed E-state index contributed by atoms with van der Waals surface area (Å²) in [7, 11) is 0. The molecular weight excluding hydrogens is 334 g/mol. The zero-order chi connectivity index (χ0) is 18.9. The van der Waals surface area contributed by atoms with Crippen LogP contribution in [0.3, 0.4) is 0 Å². The Bertz CT molecular complexity index is 714. The average Bonchev–Trinajstić information content (AvgIpc) is 2.75. The Morgan fingerprint density at radius 3 is 1.74 bits per heavy atom. The first-order valence-corrected chi connectivity index (χ1v) is 10.2. The highest BCUT2D eigenvalue weighted by Gasteiger charge is 2.19. The Morgan fingerprint density at radius 1 is 0.704 bits per heavy atom. The van der Waals surface area contributed by atoms with Gasteiger partial charge in [0.15, 0.2) is 11.5 Å². The Labute approximate surface area is 163 Å². The van der Waals surface area contributed by atoms with Gasteiger partial charge in [-0.05, 0) is 37.1 Å². The van der Waals surface area contributed by atoms with E-state index >= 15 is 0 Å². The van der Waals surface area contributed by atoms with E-state index in [0.717, 1.165) is 35.7 Å². The molecule has 27 heavy (non-hydrogen) atoms. The van der Waals surface area contributed by atoms with Crippen LogP contribution >= 0.6 is 0 Å². The molecule has 0 N–H and O–H groups in total. The summed E-state index contributed by atoms with van der Waals surface area (Å²) in [6.45, 7) is 7.92. The predicted molar refractivity (Wildman–Crippen MR) is 114 cm³/mol. The van der Waals surface area contributed by atoms with Crippen LogP contribution in [0.25, 0.3) is 11.5 Å². The third-order valence-corrected chi connectivity index (χ3v) is 4.88. The first-order valence-electron chi connectivity index (χ1n) is 10.2. The lowest BCUT2D eigenvalue weighted by atomic mass is 10.1. The molecule has 3 rings (SSSR count). The van der Waals surface area contributed by atoms with Gasteiger partial charge in [-0.2, -0.15) is 0 Å². The van der Waals surface area contributed by atoms with E-state index in [1.165, 1.54) is 31.4 Å². The van der Waals surface area contributed by atoms with Crippen molar-refractivity contribution in [3.8, 4) is 0 Å². The van der Waals surface area contributed by atoms with Crippen molar-refractivity contribution < 1.29 is 9.47 Å². The Kier molecular flexibility index (Phi) is 7.20. The van der Waals surface area contributed by atoms with Crippen molar-refractivity contribution in [2.75, 3.05) is 31.2 Å². The maximum Gasteiger partial charge on any atom is 0.169 e. The van der Waals surface area contributed by atoms with Crippen LogP contribution in [0.1, 0.15) is 50.7 Å². The molecule has 0 atom stereocenters. The van der Waals surface area contributed by atoms with Crippen molar-refractivity contribution in [2.45, 2.75) is 39.5 Å². The molecule has 0 saturated carbocycles. The molecule has 144 valence electrons. The zero-order valence-corrected chi connectivity index (χ0v) is 16.6. The van der Waals surface area contributed by atoms with Crippen molar-refractivity contribution in [3.63, 3.8) is 0 Å². The normalized spacial score (nSPS) is 13.9. The van der Waals surface area contributed by atoms with Crippen LogP contribution in [0.5, 0.6) is 0 Å². The highest BCUT2D eigenvalue weighted by Crippen LogP contribution is 2.32. The summed E-state index contributed by atoms with van der Waals surface area (Å²) in [4.78, 5) is 2.50. The van der Waals surface area contributed by atoms with Gasteiger partial charge in [0.1, 0.15) is 13.2 Å². The minimum absolute atomic E-state index is 0.590. The van der Waals surface area contributed by atoms with Crippen LogP contribution in [-0.2, 0) is 9.47 Å². The van der Waals surface area contributed by atoms with E-state index in [4.69, 9.17) is 9.47 Å². The lowest BCUT2D eigenvalue weighted by molar-refractivity contribution is 0.143. The van der Waals surface area contributed by atoms with E-state index < -0.39 is 0 Å². The molecule has 0 fully saturated rings. The second-order valence-electron chi connectivity index (χ2n) is 6.96. The van der Waals surface area contributed by atoms with Crippen molar-refractivity contribution in [3.05, 3.63) is 65.7 Å². The second kappa shape index (κ2) is 10.1. The van der Waals surface area contributed by atoms with Crippen LogP contribution in [0.15, 0.2) is 54.6 Å². The van der Waals surface area contributed by atoms with Crippen LogP contribution in [-0.4, -0.2) is 26.3 Å². The molecule has 3 heteroatoms. The van der Waals surface area contributed by atoms with Gasteiger partial charge in [0, 0.05) is 29.9 Å². The maximum atomic E-state index is 6.00. The summed E-state index contributed by atoms with van der Waals surface area (Å²) in [5, 5.41) is 0. The van der Waals surface area contributed by atoms with Gasteiger partial charge in [-0.1, -0.05) is 57.0 Å². The largest absolute Gasteiger partial charge is 0.485 e. The monoisotopic (exact) mass is 365 g/mol. The van der Waals surface area contributed by atoms with E-state index in [9.17, 15) is 0 Å². The van der Waals surface area contributed by atoms with Gasteiger partial charge in [-0.15, -0.1) is 0 Å². The second-order valence-corrected chi connectivity index (χ2v) is 6.96. The summed E-state index contributed by atoms with van der Waals surface area (Å²) in [6, 6.07) is 19.0. The first kappa shape index (κ1) is 19.3. The van der Waals surface area contributed by atoms with E-state index in [2.05, 4.69) is 55.1 Å². The standard InChI is InChI=1S/C24H31NO2/c1-3-5-16-25(17-6-4-2)22-14-12-21(13-15-22)24-23(26-18-19-27-24)20-10-8-7-9-11-20/h7-15H,3-6,16-19H2,1-2H3. The number of rotatable bonds is 9. The van der Waals surface area contributed by atoms with E-state index in [1.807, 2.05) is 18.2 Å². The summed E-state index contributed by atoms with van der Waals surface area (Å²) in [6.07, 6.45) is 4.90. The minimum Gasteiger partial charge on any atom is -0.485 e. The first-order chi connectivity index (χ1) is 13.3. The van der Waals surface area contributed by atoms with Gasteiger partial charge < -0.3 is 14.4 Å². The summed E-state index contributed by atoms with van der Waals surface area (Å²) >= 11 is 0. The molecule has 0 radical (unpaired) electrons. The van der Waals surface area contributed by atoms with Crippen molar-refractivity contribution in [2.24, 2.45) is 0 Å². The fraction of sp³-hybridized carbons (Fsp3) is 0.417. The third kappa shape index (κ3) is 5.06. The summed E-state index contributed by atoms with van der Waals surface area (Å²) < 4.78 is 12.0. The SMILES string of the molecule is CCCCN(CCCC)c1ccc(C2=C(c3ccccc3)OCCO2)cc1. The van der Waals surface area contributed by atoms with Crippen molar-refractivity contribution >= 4 is 17.2 Å². The van der Waals surface area contributed by atoms with Gasteiger partial charge in [-0.3, -0.25) is 0 Å².